The van der Waals surface area contributed by atoms with Crippen LogP contribution in [0.25, 0.3) is 10.2 Å². The zero-order valence-electron chi connectivity index (χ0n) is 19.6. The van der Waals surface area contributed by atoms with Gasteiger partial charge in [0.1, 0.15) is 11.5 Å². The summed E-state index contributed by atoms with van der Waals surface area (Å²) in [5.74, 6) is 0.485. The SMILES string of the molecule is CC(C)c1ccccc1CC(=S)CN=Cc1ccc2sc(Oc3ccc(OC(F)(F)F)cc3)nc2c1. The Labute approximate surface area is 216 Å². The summed E-state index contributed by atoms with van der Waals surface area (Å²) >= 11 is 6.91. The van der Waals surface area contributed by atoms with Gasteiger partial charge in [-0.25, -0.2) is 4.98 Å². The monoisotopic (exact) mass is 528 g/mol. The number of nitrogens with zero attached hydrogens (tertiary/aromatic N) is 2. The third-order valence-corrected chi connectivity index (χ3v) is 6.42. The molecule has 0 unspecified atom stereocenters. The molecular formula is C27H23F3N2O2S2. The molecular weight excluding hydrogens is 505 g/mol. The van der Waals surface area contributed by atoms with Crippen LogP contribution in [-0.2, 0) is 6.42 Å². The molecule has 3 aromatic carbocycles. The molecule has 0 bridgehead atoms. The van der Waals surface area contributed by atoms with Gasteiger partial charge in [-0.3, -0.25) is 4.99 Å². The highest BCUT2D eigenvalue weighted by atomic mass is 32.1. The van der Waals surface area contributed by atoms with Crippen LogP contribution in [-0.4, -0.2) is 29.0 Å². The molecule has 186 valence electrons. The van der Waals surface area contributed by atoms with Crippen molar-refractivity contribution < 1.29 is 22.6 Å². The molecule has 0 atom stereocenters. The van der Waals surface area contributed by atoms with E-state index in [2.05, 4.69) is 40.7 Å². The van der Waals surface area contributed by atoms with Crippen LogP contribution in [0.4, 0.5) is 13.2 Å². The Morgan fingerprint density at radius 3 is 2.50 bits per heavy atom. The average molecular weight is 529 g/mol. The summed E-state index contributed by atoms with van der Waals surface area (Å²) in [6.07, 6.45) is -2.24. The van der Waals surface area contributed by atoms with Crippen molar-refractivity contribution in [2.45, 2.75) is 32.5 Å². The van der Waals surface area contributed by atoms with Crippen LogP contribution in [0, 0.1) is 0 Å². The van der Waals surface area contributed by atoms with E-state index in [1.54, 1.807) is 6.21 Å². The summed E-state index contributed by atoms with van der Waals surface area (Å²) in [6, 6.07) is 19.3. The number of thiocarbonyl (C=S) groups is 1. The van der Waals surface area contributed by atoms with Crippen molar-refractivity contribution in [2.24, 2.45) is 4.99 Å². The lowest BCUT2D eigenvalue weighted by atomic mass is 9.94. The van der Waals surface area contributed by atoms with E-state index in [0.717, 1.165) is 27.1 Å². The van der Waals surface area contributed by atoms with Gasteiger partial charge >= 0.3 is 6.36 Å². The van der Waals surface area contributed by atoms with Gasteiger partial charge in [0.25, 0.3) is 5.19 Å². The standard InChI is InChI=1S/C27H23F3N2O2S2/c1-17(2)23-6-4-3-5-19(23)14-22(35)16-31-15-18-7-12-25-24(13-18)32-26(36-25)33-20-8-10-21(11-9-20)34-27(28,29)30/h3-13,15,17H,14,16H2,1-2H3. The van der Waals surface area contributed by atoms with E-state index < -0.39 is 6.36 Å². The predicted octanol–water partition coefficient (Wildman–Crippen LogP) is 8.14. The number of thiazole rings is 1. The Morgan fingerprint density at radius 1 is 1.06 bits per heavy atom. The van der Waals surface area contributed by atoms with Gasteiger partial charge in [0.2, 0.25) is 0 Å². The maximum Gasteiger partial charge on any atom is 0.573 e. The van der Waals surface area contributed by atoms with E-state index in [-0.39, 0.29) is 5.75 Å². The number of halogens is 3. The smallest absolute Gasteiger partial charge is 0.431 e. The summed E-state index contributed by atoms with van der Waals surface area (Å²) in [6.45, 7) is 4.81. The summed E-state index contributed by atoms with van der Waals surface area (Å²) in [5.41, 5.74) is 4.18. The van der Waals surface area contributed by atoms with Crippen molar-refractivity contribution in [1.29, 1.82) is 0 Å². The quantitative estimate of drug-likeness (QED) is 0.162. The fourth-order valence-corrected chi connectivity index (χ4v) is 4.68. The molecule has 4 aromatic rings. The molecule has 9 heteroatoms. The first kappa shape index (κ1) is 25.8. The van der Waals surface area contributed by atoms with Gasteiger partial charge in [-0.05, 0) is 59.0 Å². The molecule has 36 heavy (non-hydrogen) atoms. The normalized spacial score (nSPS) is 11.9. The highest BCUT2D eigenvalue weighted by Crippen LogP contribution is 2.33. The first-order chi connectivity index (χ1) is 17.2. The van der Waals surface area contributed by atoms with Gasteiger partial charge in [-0.1, -0.05) is 67.7 Å². The maximum atomic E-state index is 12.3. The topological polar surface area (TPSA) is 43.7 Å². The molecule has 0 fully saturated rings. The molecule has 0 spiro atoms. The molecule has 0 radical (unpaired) electrons. The minimum absolute atomic E-state index is 0.313. The van der Waals surface area contributed by atoms with Crippen molar-refractivity contribution in [3.8, 4) is 16.7 Å². The minimum Gasteiger partial charge on any atom is -0.431 e. The number of benzene rings is 3. The van der Waals surface area contributed by atoms with Crippen LogP contribution in [0.3, 0.4) is 0 Å². The Bertz CT molecular complexity index is 1380. The summed E-state index contributed by atoms with van der Waals surface area (Å²) in [4.78, 5) is 9.86. The number of hydrogen-bond acceptors (Lipinski definition) is 6. The number of aromatic nitrogens is 1. The first-order valence-electron chi connectivity index (χ1n) is 11.2. The second kappa shape index (κ2) is 11.2. The summed E-state index contributed by atoms with van der Waals surface area (Å²) in [7, 11) is 0. The number of ether oxygens (including phenoxy) is 2. The van der Waals surface area contributed by atoms with Crippen molar-refractivity contribution in [3.05, 3.63) is 83.4 Å². The molecule has 0 saturated heterocycles. The molecule has 1 aromatic heterocycles. The Balaban J connectivity index is 1.37. The number of hydrogen-bond donors (Lipinski definition) is 0. The molecule has 0 amide bonds. The third kappa shape index (κ3) is 7.11. The van der Waals surface area contributed by atoms with Gasteiger partial charge < -0.3 is 9.47 Å². The van der Waals surface area contributed by atoms with Crippen LogP contribution in [0.15, 0.2) is 71.7 Å². The Morgan fingerprint density at radius 2 is 1.78 bits per heavy atom. The highest BCUT2D eigenvalue weighted by molar-refractivity contribution is 7.80. The van der Waals surface area contributed by atoms with Crippen molar-refractivity contribution >= 4 is 44.9 Å². The number of rotatable bonds is 9. The lowest BCUT2D eigenvalue weighted by molar-refractivity contribution is -0.274. The molecule has 1 heterocycles. The largest absolute Gasteiger partial charge is 0.573 e. The molecule has 0 N–H and O–H groups in total. The Hall–Kier alpha value is -3.30. The zero-order valence-corrected chi connectivity index (χ0v) is 21.2. The lowest BCUT2D eigenvalue weighted by Crippen LogP contribution is -2.16. The van der Waals surface area contributed by atoms with Crippen LogP contribution < -0.4 is 9.47 Å². The summed E-state index contributed by atoms with van der Waals surface area (Å²) in [5, 5.41) is 0.383. The molecule has 0 aliphatic rings. The fraction of sp³-hybridized carbons (Fsp3) is 0.222. The van der Waals surface area contributed by atoms with Crippen LogP contribution >= 0.6 is 23.6 Å². The average Bonchev–Trinajstić information content (AvgIpc) is 3.21. The van der Waals surface area contributed by atoms with Crippen LogP contribution in [0.2, 0.25) is 0 Å². The van der Waals surface area contributed by atoms with E-state index >= 15 is 0 Å². The second-order valence-corrected chi connectivity index (χ2v) is 9.94. The van der Waals surface area contributed by atoms with Gasteiger partial charge in [-0.15, -0.1) is 13.2 Å². The van der Waals surface area contributed by atoms with Crippen LogP contribution in [0.1, 0.15) is 36.5 Å². The molecule has 4 rings (SSSR count). The molecule has 4 nitrogen and oxygen atoms in total. The van der Waals surface area contributed by atoms with Crippen molar-refractivity contribution in [1.82, 2.24) is 4.98 Å². The minimum atomic E-state index is -4.74. The Kier molecular flexibility index (Phi) is 8.01. The zero-order chi connectivity index (χ0) is 25.7. The van der Waals surface area contributed by atoms with Crippen molar-refractivity contribution in [2.75, 3.05) is 6.54 Å². The van der Waals surface area contributed by atoms with E-state index in [4.69, 9.17) is 17.0 Å². The van der Waals surface area contributed by atoms with E-state index in [0.29, 0.717) is 23.4 Å². The van der Waals surface area contributed by atoms with E-state index in [1.807, 2.05) is 30.3 Å². The van der Waals surface area contributed by atoms with Gasteiger partial charge in [0, 0.05) is 17.5 Å². The van der Waals surface area contributed by atoms with Gasteiger partial charge in [0.05, 0.1) is 16.8 Å². The number of alkyl halides is 3. The van der Waals surface area contributed by atoms with E-state index in [9.17, 15) is 13.2 Å². The second-order valence-electron chi connectivity index (χ2n) is 8.37. The molecule has 0 aliphatic heterocycles. The highest BCUT2D eigenvalue weighted by Gasteiger charge is 2.31. The van der Waals surface area contributed by atoms with Gasteiger partial charge in [-0.2, -0.15) is 0 Å². The third-order valence-electron chi connectivity index (χ3n) is 5.23. The van der Waals surface area contributed by atoms with Gasteiger partial charge in [0.15, 0.2) is 0 Å². The maximum absolute atomic E-state index is 12.3. The molecule has 0 saturated carbocycles. The van der Waals surface area contributed by atoms with E-state index in [1.165, 1.54) is 46.7 Å². The number of aliphatic imine (C=N–C) groups is 1. The predicted molar refractivity (Wildman–Crippen MR) is 142 cm³/mol. The molecule has 0 aliphatic carbocycles. The fourth-order valence-electron chi connectivity index (χ4n) is 3.64. The lowest BCUT2D eigenvalue weighted by Gasteiger charge is -2.12. The van der Waals surface area contributed by atoms with Crippen molar-refractivity contribution in [3.63, 3.8) is 0 Å². The van der Waals surface area contributed by atoms with Crippen LogP contribution in [0.5, 0.6) is 16.7 Å². The number of fused-ring (bicyclic) bond motifs is 1. The summed E-state index contributed by atoms with van der Waals surface area (Å²) < 4.78 is 47.4. The first-order valence-corrected chi connectivity index (χ1v) is 12.4.